The summed E-state index contributed by atoms with van der Waals surface area (Å²) in [5.41, 5.74) is 0.00710. The lowest BCUT2D eigenvalue weighted by Gasteiger charge is -2.24. The van der Waals surface area contributed by atoms with Gasteiger partial charge in [-0.05, 0) is 19.4 Å². The van der Waals surface area contributed by atoms with Crippen molar-refractivity contribution in [2.45, 2.75) is 32.0 Å². The Balaban J connectivity index is 2.61. The summed E-state index contributed by atoms with van der Waals surface area (Å²) in [5.74, 6) is 0. The van der Waals surface area contributed by atoms with Crippen molar-refractivity contribution < 1.29 is 10.2 Å². The molecule has 0 saturated carbocycles. The van der Waals surface area contributed by atoms with Crippen LogP contribution in [0.3, 0.4) is 0 Å². The smallest absolute Gasteiger partial charge is 0.0861 e. The van der Waals surface area contributed by atoms with E-state index in [1.807, 2.05) is 30.3 Å². The van der Waals surface area contributed by atoms with Crippen LogP contribution in [-0.2, 0) is 6.42 Å². The molecular formula is C11H16O2. The van der Waals surface area contributed by atoms with Gasteiger partial charge in [-0.1, -0.05) is 30.3 Å². The molecule has 0 saturated heterocycles. The number of aliphatic hydroxyl groups excluding tert-OH is 1. The second-order valence-electron chi connectivity index (χ2n) is 3.86. The van der Waals surface area contributed by atoms with Gasteiger partial charge in [-0.3, -0.25) is 0 Å². The zero-order valence-electron chi connectivity index (χ0n) is 8.07. The minimum Gasteiger partial charge on any atom is -0.390 e. The fraction of sp³-hybridized carbons (Fsp3) is 0.455. The van der Waals surface area contributed by atoms with Gasteiger partial charge < -0.3 is 10.2 Å². The Morgan fingerprint density at radius 1 is 1.23 bits per heavy atom. The van der Waals surface area contributed by atoms with Crippen molar-refractivity contribution >= 4 is 0 Å². The van der Waals surface area contributed by atoms with Crippen molar-refractivity contribution in [3.05, 3.63) is 35.9 Å². The molecule has 0 amide bonds. The minimum atomic E-state index is -1.03. The summed E-state index contributed by atoms with van der Waals surface area (Å²) in [7, 11) is 0. The lowest BCUT2D eigenvalue weighted by Crippen LogP contribution is -2.37. The molecule has 0 aromatic heterocycles. The van der Waals surface area contributed by atoms with Crippen molar-refractivity contribution in [3.63, 3.8) is 0 Å². The summed E-state index contributed by atoms with van der Waals surface area (Å²) in [5, 5.41) is 19.1. The van der Waals surface area contributed by atoms with E-state index in [0.29, 0.717) is 6.42 Å². The Morgan fingerprint density at radius 3 is 2.23 bits per heavy atom. The molecule has 1 aromatic rings. The summed E-state index contributed by atoms with van der Waals surface area (Å²) in [6.07, 6.45) is -0.223. The molecule has 1 atom stereocenters. The highest BCUT2D eigenvalue weighted by Gasteiger charge is 2.24. The highest BCUT2D eigenvalue weighted by molar-refractivity contribution is 5.16. The Kier molecular flexibility index (Phi) is 3.07. The van der Waals surface area contributed by atoms with Crippen LogP contribution in [0.1, 0.15) is 19.4 Å². The van der Waals surface area contributed by atoms with Gasteiger partial charge in [0.1, 0.15) is 0 Å². The van der Waals surface area contributed by atoms with E-state index in [-0.39, 0.29) is 0 Å². The largest absolute Gasteiger partial charge is 0.390 e. The van der Waals surface area contributed by atoms with Crippen molar-refractivity contribution in [2.24, 2.45) is 0 Å². The molecule has 0 fully saturated rings. The quantitative estimate of drug-likeness (QED) is 0.737. The topological polar surface area (TPSA) is 40.5 Å². The molecule has 2 N–H and O–H groups in total. The molecule has 0 heterocycles. The number of hydrogen-bond acceptors (Lipinski definition) is 2. The van der Waals surface area contributed by atoms with E-state index in [1.165, 1.54) is 0 Å². The van der Waals surface area contributed by atoms with E-state index in [2.05, 4.69) is 0 Å². The van der Waals surface area contributed by atoms with Gasteiger partial charge in [0.15, 0.2) is 0 Å². The fourth-order valence-corrected chi connectivity index (χ4v) is 1.09. The number of benzene rings is 1. The van der Waals surface area contributed by atoms with E-state index < -0.39 is 11.7 Å². The number of rotatable bonds is 3. The highest BCUT2D eigenvalue weighted by atomic mass is 16.3. The summed E-state index contributed by atoms with van der Waals surface area (Å²) >= 11 is 0. The summed E-state index contributed by atoms with van der Waals surface area (Å²) in [4.78, 5) is 0. The molecule has 13 heavy (non-hydrogen) atoms. The van der Waals surface area contributed by atoms with Gasteiger partial charge >= 0.3 is 0 Å². The molecular weight excluding hydrogens is 164 g/mol. The zero-order valence-corrected chi connectivity index (χ0v) is 8.07. The van der Waals surface area contributed by atoms with E-state index in [9.17, 15) is 10.2 Å². The van der Waals surface area contributed by atoms with E-state index >= 15 is 0 Å². The van der Waals surface area contributed by atoms with Crippen LogP contribution in [0.2, 0.25) is 0 Å². The first kappa shape index (κ1) is 10.2. The first-order valence-electron chi connectivity index (χ1n) is 4.44. The van der Waals surface area contributed by atoms with Crippen molar-refractivity contribution in [2.75, 3.05) is 0 Å². The predicted octanol–water partition coefficient (Wildman–Crippen LogP) is 1.36. The maximum Gasteiger partial charge on any atom is 0.0861 e. The van der Waals surface area contributed by atoms with E-state index in [4.69, 9.17) is 0 Å². The first-order valence-corrected chi connectivity index (χ1v) is 4.44. The van der Waals surface area contributed by atoms with Crippen molar-refractivity contribution in [1.29, 1.82) is 0 Å². The van der Waals surface area contributed by atoms with E-state index in [0.717, 1.165) is 5.56 Å². The van der Waals surface area contributed by atoms with Crippen LogP contribution in [0, 0.1) is 0 Å². The predicted molar refractivity (Wildman–Crippen MR) is 52.5 cm³/mol. The van der Waals surface area contributed by atoms with Gasteiger partial charge in [-0.25, -0.2) is 0 Å². The van der Waals surface area contributed by atoms with Gasteiger partial charge in [0.2, 0.25) is 0 Å². The Bertz CT molecular complexity index is 249. The standard InChI is InChI=1S/C11H16O2/c1-11(2,13)10(12)8-9-6-4-3-5-7-9/h3-7,10,12-13H,8H2,1-2H3/t10-/m0/s1. The van der Waals surface area contributed by atoms with Crippen molar-refractivity contribution in [1.82, 2.24) is 0 Å². The minimum absolute atomic E-state index is 0.490. The van der Waals surface area contributed by atoms with Crippen LogP contribution < -0.4 is 0 Å². The maximum absolute atomic E-state index is 9.59. The van der Waals surface area contributed by atoms with Crippen LogP contribution >= 0.6 is 0 Å². The second-order valence-corrected chi connectivity index (χ2v) is 3.86. The number of hydrogen-bond donors (Lipinski definition) is 2. The van der Waals surface area contributed by atoms with Gasteiger partial charge in [0.25, 0.3) is 0 Å². The van der Waals surface area contributed by atoms with Crippen molar-refractivity contribution in [3.8, 4) is 0 Å². The van der Waals surface area contributed by atoms with Crippen LogP contribution in [0.15, 0.2) is 30.3 Å². The fourth-order valence-electron chi connectivity index (χ4n) is 1.09. The molecule has 2 heteroatoms. The van der Waals surface area contributed by atoms with Crippen LogP contribution in [-0.4, -0.2) is 21.9 Å². The lowest BCUT2D eigenvalue weighted by molar-refractivity contribution is -0.0469. The molecule has 0 aliphatic rings. The normalized spacial score (nSPS) is 14.2. The molecule has 0 bridgehead atoms. The first-order chi connectivity index (χ1) is 6.00. The van der Waals surface area contributed by atoms with E-state index in [1.54, 1.807) is 13.8 Å². The Hall–Kier alpha value is -0.860. The molecule has 0 spiro atoms. The molecule has 0 aliphatic carbocycles. The molecule has 1 rings (SSSR count). The molecule has 72 valence electrons. The maximum atomic E-state index is 9.59. The van der Waals surface area contributed by atoms with Gasteiger partial charge in [0.05, 0.1) is 11.7 Å². The Morgan fingerprint density at radius 2 is 1.77 bits per heavy atom. The molecule has 1 aromatic carbocycles. The van der Waals surface area contributed by atoms with Crippen LogP contribution in [0.5, 0.6) is 0 Å². The summed E-state index contributed by atoms with van der Waals surface area (Å²) < 4.78 is 0. The SMILES string of the molecule is CC(C)(O)[C@@H](O)Cc1ccccc1. The summed E-state index contributed by atoms with van der Waals surface area (Å²) in [6.45, 7) is 3.22. The average molecular weight is 180 g/mol. The summed E-state index contributed by atoms with van der Waals surface area (Å²) in [6, 6.07) is 9.66. The van der Waals surface area contributed by atoms with Crippen LogP contribution in [0.4, 0.5) is 0 Å². The third-order valence-electron chi connectivity index (χ3n) is 2.09. The van der Waals surface area contributed by atoms with Gasteiger partial charge in [-0.2, -0.15) is 0 Å². The van der Waals surface area contributed by atoms with Crippen LogP contribution in [0.25, 0.3) is 0 Å². The monoisotopic (exact) mass is 180 g/mol. The zero-order chi connectivity index (χ0) is 9.90. The van der Waals surface area contributed by atoms with Gasteiger partial charge in [-0.15, -0.1) is 0 Å². The molecule has 0 unspecified atom stereocenters. The highest BCUT2D eigenvalue weighted by Crippen LogP contribution is 2.13. The third kappa shape index (κ3) is 3.17. The molecule has 0 aliphatic heterocycles. The average Bonchev–Trinajstić information content (AvgIpc) is 2.04. The van der Waals surface area contributed by atoms with Gasteiger partial charge in [0, 0.05) is 6.42 Å². The molecule has 2 nitrogen and oxygen atoms in total. The number of aliphatic hydroxyl groups is 2. The molecule has 0 radical (unpaired) electrons. The lowest BCUT2D eigenvalue weighted by atomic mass is 9.95. The third-order valence-corrected chi connectivity index (χ3v) is 2.09. The second kappa shape index (κ2) is 3.90. The Labute approximate surface area is 78.8 Å².